The van der Waals surface area contributed by atoms with Crippen LogP contribution in [0.5, 0.6) is 5.75 Å². The van der Waals surface area contributed by atoms with Gasteiger partial charge in [-0.15, -0.1) is 0 Å². The molecule has 3 aromatic carbocycles. The molecule has 0 spiro atoms. The highest BCUT2D eigenvalue weighted by Gasteiger charge is 2.22. The van der Waals surface area contributed by atoms with Crippen molar-refractivity contribution in [3.05, 3.63) is 66.7 Å². The molecule has 0 aromatic heterocycles. The number of rotatable bonds is 6. The molecule has 1 unspecified atom stereocenters. The van der Waals surface area contributed by atoms with Gasteiger partial charge in [-0.05, 0) is 27.8 Å². The monoisotopic (exact) mass is 378 g/mol. The van der Waals surface area contributed by atoms with Gasteiger partial charge in [-0.2, -0.15) is 0 Å². The van der Waals surface area contributed by atoms with Crippen LogP contribution in [-0.2, 0) is 14.9 Å². The number of ether oxygens (including phenoxy) is 2. The first-order valence-electron chi connectivity index (χ1n) is 9.37. The van der Waals surface area contributed by atoms with E-state index >= 15 is 0 Å². The number of aliphatic hydroxyl groups is 1. The van der Waals surface area contributed by atoms with Gasteiger partial charge in [-0.3, -0.25) is 0 Å². The van der Waals surface area contributed by atoms with E-state index in [-0.39, 0.29) is 18.6 Å². The topological polar surface area (TPSA) is 55.8 Å². The van der Waals surface area contributed by atoms with Gasteiger partial charge in [0, 0.05) is 16.8 Å². The van der Waals surface area contributed by atoms with Gasteiger partial charge in [0.05, 0.1) is 6.61 Å². The Morgan fingerprint density at radius 3 is 2.54 bits per heavy atom. The molecule has 0 saturated heterocycles. The maximum Gasteiger partial charge on any atom is 0.330 e. The van der Waals surface area contributed by atoms with E-state index in [9.17, 15) is 9.90 Å². The summed E-state index contributed by atoms with van der Waals surface area (Å²) in [6, 6.07) is 16.4. The minimum atomic E-state index is -0.763. The van der Waals surface area contributed by atoms with Gasteiger partial charge in [-0.1, -0.05) is 69.8 Å². The Labute approximate surface area is 165 Å². The minimum Gasteiger partial charge on any atom is -0.488 e. The molecule has 0 aliphatic carbocycles. The number of hydrogen-bond donors (Lipinski definition) is 1. The first kappa shape index (κ1) is 19.9. The summed E-state index contributed by atoms with van der Waals surface area (Å²) in [5, 5.41) is 13.8. The van der Waals surface area contributed by atoms with E-state index in [4.69, 9.17) is 9.47 Å². The molecule has 1 N–H and O–H groups in total. The average Bonchev–Trinajstić information content (AvgIpc) is 2.68. The van der Waals surface area contributed by atoms with Gasteiger partial charge in [-0.25, -0.2) is 4.79 Å². The lowest BCUT2D eigenvalue weighted by Gasteiger charge is -2.24. The highest BCUT2D eigenvalue weighted by atomic mass is 16.6. The molecule has 0 bridgehead atoms. The molecule has 0 heterocycles. The van der Waals surface area contributed by atoms with Crippen molar-refractivity contribution < 1.29 is 19.4 Å². The van der Waals surface area contributed by atoms with Crippen molar-refractivity contribution in [2.24, 2.45) is 0 Å². The Hall–Kier alpha value is -2.85. The van der Waals surface area contributed by atoms with Crippen LogP contribution in [0.1, 0.15) is 26.3 Å². The zero-order valence-corrected chi connectivity index (χ0v) is 16.6. The number of aliphatic hydroxyl groups excluding tert-OH is 1. The molecule has 4 heteroatoms. The average molecular weight is 378 g/mol. The van der Waals surface area contributed by atoms with Crippen LogP contribution in [-0.4, -0.2) is 30.4 Å². The predicted octanol–water partition coefficient (Wildman–Crippen LogP) is 4.76. The van der Waals surface area contributed by atoms with E-state index in [0.29, 0.717) is 0 Å². The third-order valence-corrected chi connectivity index (χ3v) is 4.71. The molecule has 0 amide bonds. The molecule has 0 aliphatic heterocycles. The first-order chi connectivity index (χ1) is 13.3. The third-order valence-electron chi connectivity index (χ3n) is 4.71. The van der Waals surface area contributed by atoms with Crippen molar-refractivity contribution in [1.82, 2.24) is 0 Å². The zero-order chi connectivity index (χ0) is 20.3. The SMILES string of the molecule is C=CC(=O)OC(CO)COc1c2ccccc2cc2cccc(C(C)(C)C)c12. The van der Waals surface area contributed by atoms with Gasteiger partial charge in [0.2, 0.25) is 0 Å². The van der Waals surface area contributed by atoms with Gasteiger partial charge < -0.3 is 14.6 Å². The van der Waals surface area contributed by atoms with Crippen molar-refractivity contribution >= 4 is 27.5 Å². The predicted molar refractivity (Wildman–Crippen MR) is 113 cm³/mol. The summed E-state index contributed by atoms with van der Waals surface area (Å²) in [6.45, 7) is 9.63. The summed E-state index contributed by atoms with van der Waals surface area (Å²) < 4.78 is 11.4. The largest absolute Gasteiger partial charge is 0.488 e. The molecule has 0 fully saturated rings. The maximum atomic E-state index is 11.5. The summed E-state index contributed by atoms with van der Waals surface area (Å²) >= 11 is 0. The molecule has 0 radical (unpaired) electrons. The van der Waals surface area contributed by atoms with Gasteiger partial charge >= 0.3 is 5.97 Å². The number of hydrogen-bond acceptors (Lipinski definition) is 4. The number of carbonyl (C=O) groups is 1. The fraction of sp³-hybridized carbons (Fsp3) is 0.292. The van der Waals surface area contributed by atoms with Crippen molar-refractivity contribution in [2.75, 3.05) is 13.2 Å². The van der Waals surface area contributed by atoms with Gasteiger partial charge in [0.1, 0.15) is 12.4 Å². The quantitative estimate of drug-likeness (QED) is 0.382. The van der Waals surface area contributed by atoms with Crippen LogP contribution in [0.15, 0.2) is 61.2 Å². The zero-order valence-electron chi connectivity index (χ0n) is 16.6. The maximum absolute atomic E-state index is 11.5. The second kappa shape index (κ2) is 8.03. The lowest BCUT2D eigenvalue weighted by atomic mass is 9.82. The van der Waals surface area contributed by atoms with Crippen LogP contribution in [0.2, 0.25) is 0 Å². The van der Waals surface area contributed by atoms with Gasteiger partial charge in [0.25, 0.3) is 0 Å². The number of esters is 1. The molecule has 1 atom stereocenters. The van der Waals surface area contributed by atoms with E-state index in [0.717, 1.165) is 33.4 Å². The molecule has 0 saturated carbocycles. The Kier molecular flexibility index (Phi) is 5.71. The van der Waals surface area contributed by atoms with E-state index in [1.807, 2.05) is 24.3 Å². The van der Waals surface area contributed by atoms with Gasteiger partial charge in [0.15, 0.2) is 6.10 Å². The second-order valence-electron chi connectivity index (χ2n) is 7.84. The molecule has 3 aromatic rings. The molecular weight excluding hydrogens is 352 g/mol. The minimum absolute atomic E-state index is 0.0532. The summed E-state index contributed by atoms with van der Waals surface area (Å²) in [5.74, 6) is 0.160. The fourth-order valence-electron chi connectivity index (χ4n) is 3.36. The van der Waals surface area contributed by atoms with E-state index < -0.39 is 12.1 Å². The Balaban J connectivity index is 2.14. The lowest BCUT2D eigenvalue weighted by molar-refractivity contribution is -0.146. The smallest absolute Gasteiger partial charge is 0.330 e. The summed E-state index contributed by atoms with van der Waals surface area (Å²) in [6.07, 6.45) is 0.314. The summed E-state index contributed by atoms with van der Waals surface area (Å²) in [5.41, 5.74) is 1.10. The fourth-order valence-corrected chi connectivity index (χ4v) is 3.36. The van der Waals surface area contributed by atoms with E-state index in [2.05, 4.69) is 51.6 Å². The van der Waals surface area contributed by atoms with Crippen molar-refractivity contribution in [2.45, 2.75) is 32.3 Å². The molecule has 4 nitrogen and oxygen atoms in total. The number of benzene rings is 3. The van der Waals surface area contributed by atoms with Crippen LogP contribution >= 0.6 is 0 Å². The normalized spacial score (nSPS) is 12.7. The van der Waals surface area contributed by atoms with Crippen molar-refractivity contribution in [3.63, 3.8) is 0 Å². The second-order valence-corrected chi connectivity index (χ2v) is 7.84. The standard InChI is InChI=1S/C24H26O4/c1-5-21(26)28-18(14-25)15-27-23-19-11-7-6-9-16(19)13-17-10-8-12-20(22(17)23)24(2,3)4/h5-13,18,25H,1,14-15H2,2-4H3. The third kappa shape index (κ3) is 4.02. The lowest BCUT2D eigenvalue weighted by Crippen LogP contribution is -2.28. The van der Waals surface area contributed by atoms with Crippen LogP contribution in [0, 0.1) is 0 Å². The molecule has 28 heavy (non-hydrogen) atoms. The molecule has 3 rings (SSSR count). The Bertz CT molecular complexity index is 1010. The number of fused-ring (bicyclic) bond motifs is 2. The summed E-state index contributed by atoms with van der Waals surface area (Å²) in [4.78, 5) is 11.5. The van der Waals surface area contributed by atoms with Crippen molar-refractivity contribution in [3.8, 4) is 5.75 Å². The molecular formula is C24H26O4. The van der Waals surface area contributed by atoms with Crippen LogP contribution < -0.4 is 4.74 Å². The first-order valence-corrected chi connectivity index (χ1v) is 9.37. The summed E-state index contributed by atoms with van der Waals surface area (Å²) in [7, 11) is 0. The highest BCUT2D eigenvalue weighted by molar-refractivity contribution is 6.07. The van der Waals surface area contributed by atoms with Crippen LogP contribution in [0.25, 0.3) is 21.5 Å². The van der Waals surface area contributed by atoms with Crippen molar-refractivity contribution in [1.29, 1.82) is 0 Å². The molecule has 146 valence electrons. The Morgan fingerprint density at radius 2 is 1.86 bits per heavy atom. The highest BCUT2D eigenvalue weighted by Crippen LogP contribution is 2.40. The Morgan fingerprint density at radius 1 is 1.14 bits per heavy atom. The van der Waals surface area contributed by atoms with Crippen LogP contribution in [0.4, 0.5) is 0 Å². The van der Waals surface area contributed by atoms with Crippen LogP contribution in [0.3, 0.4) is 0 Å². The number of carbonyl (C=O) groups excluding carboxylic acids is 1. The molecule has 0 aliphatic rings. The van der Waals surface area contributed by atoms with E-state index in [1.165, 1.54) is 5.56 Å². The van der Waals surface area contributed by atoms with E-state index in [1.54, 1.807) is 0 Å².